The number of carbonyl (C=O) groups excluding carboxylic acids is 2. The molecule has 0 spiro atoms. The van der Waals surface area contributed by atoms with Gasteiger partial charge in [-0.05, 0) is 73.2 Å². The average molecular weight is 603 g/mol. The van der Waals surface area contributed by atoms with E-state index in [-0.39, 0.29) is 11.0 Å². The van der Waals surface area contributed by atoms with Gasteiger partial charge in [0.25, 0.3) is 11.8 Å². The van der Waals surface area contributed by atoms with E-state index in [0.717, 1.165) is 15.7 Å². The van der Waals surface area contributed by atoms with Crippen LogP contribution in [0.5, 0.6) is 5.75 Å². The third kappa shape index (κ3) is 7.75. The number of anilines is 2. The molecule has 0 radical (unpaired) electrons. The Balaban J connectivity index is 1.40. The van der Waals surface area contributed by atoms with Gasteiger partial charge in [0.1, 0.15) is 5.75 Å². The van der Waals surface area contributed by atoms with Gasteiger partial charge in [0.15, 0.2) is 5.11 Å². The minimum Gasteiger partial charge on any atom is -0.492 e. The van der Waals surface area contributed by atoms with Crippen molar-refractivity contribution in [3.63, 3.8) is 0 Å². The molecular weight excluding hydrogens is 574 g/mol. The zero-order valence-corrected chi connectivity index (χ0v) is 23.8. The minimum absolute atomic E-state index is 0.107. The molecule has 8 heteroatoms. The predicted molar refractivity (Wildman–Crippen MR) is 164 cm³/mol. The molecule has 0 fully saturated rings. The number of nitrogens with one attached hydrogen (secondary N) is 2. The molecule has 4 aromatic carbocycles. The van der Waals surface area contributed by atoms with E-state index in [0.29, 0.717) is 42.1 Å². The first-order valence-electron chi connectivity index (χ1n) is 12.5. The molecule has 0 saturated carbocycles. The lowest BCUT2D eigenvalue weighted by Crippen LogP contribution is -2.34. The van der Waals surface area contributed by atoms with Gasteiger partial charge in [0.2, 0.25) is 0 Å². The summed E-state index contributed by atoms with van der Waals surface area (Å²) in [7, 11) is 0. The van der Waals surface area contributed by atoms with Crippen LogP contribution in [0.2, 0.25) is 0 Å². The lowest BCUT2D eigenvalue weighted by atomic mass is 10.1. The van der Waals surface area contributed by atoms with E-state index in [1.165, 1.54) is 0 Å². The maximum absolute atomic E-state index is 13.2. The number of rotatable bonds is 9. The number of hydrogen-bond acceptors (Lipinski definition) is 4. The van der Waals surface area contributed by atoms with Gasteiger partial charge in [-0.3, -0.25) is 14.9 Å². The maximum Gasteiger partial charge on any atom is 0.261 e. The zero-order chi connectivity index (χ0) is 27.6. The number of thiocarbonyl (C=S) groups is 1. The molecule has 0 aliphatic rings. The lowest BCUT2D eigenvalue weighted by molar-refractivity contribution is 0.0969. The first-order chi connectivity index (χ1) is 18.9. The summed E-state index contributed by atoms with van der Waals surface area (Å²) in [5.74, 6) is -0.0756. The first-order valence-corrected chi connectivity index (χ1v) is 13.7. The summed E-state index contributed by atoms with van der Waals surface area (Å²) in [6, 6.07) is 31.8. The van der Waals surface area contributed by atoms with Crippen molar-refractivity contribution in [3.05, 3.63) is 124 Å². The minimum atomic E-state index is -0.406. The summed E-state index contributed by atoms with van der Waals surface area (Å²) in [4.78, 5) is 28.0. The Hall–Kier alpha value is -4.01. The Morgan fingerprint density at radius 3 is 2.33 bits per heavy atom. The van der Waals surface area contributed by atoms with Gasteiger partial charge in [-0.25, -0.2) is 0 Å². The Morgan fingerprint density at radius 1 is 0.897 bits per heavy atom. The van der Waals surface area contributed by atoms with Gasteiger partial charge in [0, 0.05) is 34.4 Å². The van der Waals surface area contributed by atoms with Crippen LogP contribution in [-0.4, -0.2) is 30.1 Å². The van der Waals surface area contributed by atoms with Crippen LogP contribution in [0.3, 0.4) is 0 Å². The first kappa shape index (κ1) is 28.0. The van der Waals surface area contributed by atoms with Crippen molar-refractivity contribution in [2.45, 2.75) is 13.3 Å². The predicted octanol–water partition coefficient (Wildman–Crippen LogP) is 6.86. The Labute approximate surface area is 242 Å². The molecule has 4 aromatic rings. The van der Waals surface area contributed by atoms with Crippen LogP contribution in [-0.2, 0) is 6.42 Å². The van der Waals surface area contributed by atoms with Crippen molar-refractivity contribution in [1.29, 1.82) is 0 Å². The SMILES string of the molecule is CCN(C(=O)c1cccc(NC(=S)NC(=O)c2cc(Br)ccc2OCCc2ccccc2)c1)c1ccccc1. The van der Waals surface area contributed by atoms with Gasteiger partial charge >= 0.3 is 0 Å². The van der Waals surface area contributed by atoms with E-state index in [4.69, 9.17) is 17.0 Å². The standard InChI is InChI=1S/C31H28BrN3O3S/c1-2-35(26-14-7-4-8-15-26)30(37)23-12-9-13-25(20-23)33-31(39)34-29(36)27-21-24(32)16-17-28(27)38-19-18-22-10-5-3-6-11-22/h3-17,20-21H,2,18-19H2,1H3,(H2,33,34,36,39). The number of benzene rings is 4. The number of ether oxygens (including phenoxy) is 1. The second kappa shape index (κ2) is 13.7. The van der Waals surface area contributed by atoms with Crippen LogP contribution in [0.4, 0.5) is 11.4 Å². The van der Waals surface area contributed by atoms with Crippen LogP contribution < -0.4 is 20.3 Å². The normalized spacial score (nSPS) is 10.4. The third-order valence-electron chi connectivity index (χ3n) is 5.90. The van der Waals surface area contributed by atoms with E-state index < -0.39 is 5.91 Å². The number of carbonyl (C=O) groups is 2. The van der Waals surface area contributed by atoms with Crippen molar-refractivity contribution in [1.82, 2.24) is 5.32 Å². The van der Waals surface area contributed by atoms with E-state index in [1.807, 2.05) is 73.7 Å². The fourth-order valence-electron chi connectivity index (χ4n) is 4.00. The van der Waals surface area contributed by atoms with E-state index in [1.54, 1.807) is 41.3 Å². The van der Waals surface area contributed by atoms with Crippen LogP contribution >= 0.6 is 28.1 Å². The molecule has 0 atom stereocenters. The largest absolute Gasteiger partial charge is 0.492 e. The van der Waals surface area contributed by atoms with E-state index >= 15 is 0 Å². The highest BCUT2D eigenvalue weighted by Gasteiger charge is 2.18. The van der Waals surface area contributed by atoms with Crippen LogP contribution in [0, 0.1) is 0 Å². The molecule has 6 nitrogen and oxygen atoms in total. The van der Waals surface area contributed by atoms with Crippen molar-refractivity contribution >= 4 is 56.4 Å². The van der Waals surface area contributed by atoms with Gasteiger partial charge in [-0.2, -0.15) is 0 Å². The molecule has 198 valence electrons. The van der Waals surface area contributed by atoms with E-state index in [9.17, 15) is 9.59 Å². The average Bonchev–Trinajstić information content (AvgIpc) is 2.95. The Bertz CT molecular complexity index is 1450. The Kier molecular flexibility index (Phi) is 9.83. The number of para-hydroxylation sites is 1. The molecule has 0 saturated heterocycles. The molecule has 2 N–H and O–H groups in total. The zero-order valence-electron chi connectivity index (χ0n) is 21.4. The van der Waals surface area contributed by atoms with Crippen molar-refractivity contribution < 1.29 is 14.3 Å². The lowest BCUT2D eigenvalue weighted by Gasteiger charge is -2.21. The molecule has 0 aliphatic heterocycles. The topological polar surface area (TPSA) is 70.7 Å². The quantitative estimate of drug-likeness (QED) is 0.205. The van der Waals surface area contributed by atoms with Gasteiger partial charge in [-0.1, -0.05) is 70.5 Å². The number of halogens is 1. The van der Waals surface area contributed by atoms with Crippen LogP contribution in [0.1, 0.15) is 33.2 Å². The molecule has 0 unspecified atom stereocenters. The molecule has 0 bridgehead atoms. The summed E-state index contributed by atoms with van der Waals surface area (Å²) >= 11 is 8.83. The summed E-state index contributed by atoms with van der Waals surface area (Å²) in [5, 5.41) is 5.83. The third-order valence-corrected chi connectivity index (χ3v) is 6.60. The van der Waals surface area contributed by atoms with Crippen molar-refractivity contribution in [3.8, 4) is 5.75 Å². The van der Waals surface area contributed by atoms with Gasteiger partial charge in [-0.15, -0.1) is 0 Å². The fraction of sp³-hybridized carbons (Fsp3) is 0.129. The van der Waals surface area contributed by atoms with E-state index in [2.05, 4.69) is 26.6 Å². The van der Waals surface area contributed by atoms with Crippen LogP contribution in [0.25, 0.3) is 0 Å². The smallest absolute Gasteiger partial charge is 0.261 e. The monoisotopic (exact) mass is 601 g/mol. The highest BCUT2D eigenvalue weighted by molar-refractivity contribution is 9.10. The maximum atomic E-state index is 13.2. The molecular formula is C31H28BrN3O3S. The number of amides is 2. The highest BCUT2D eigenvalue weighted by Crippen LogP contribution is 2.24. The number of nitrogens with zero attached hydrogens (tertiary/aromatic N) is 1. The molecule has 39 heavy (non-hydrogen) atoms. The Morgan fingerprint density at radius 2 is 1.62 bits per heavy atom. The summed E-state index contributed by atoms with van der Waals surface area (Å²) in [5.41, 5.74) is 3.41. The second-order valence-electron chi connectivity index (χ2n) is 8.60. The molecule has 0 heterocycles. The van der Waals surface area contributed by atoms with Crippen molar-refractivity contribution in [2.24, 2.45) is 0 Å². The molecule has 2 amide bonds. The fourth-order valence-corrected chi connectivity index (χ4v) is 4.57. The summed E-state index contributed by atoms with van der Waals surface area (Å²) in [6.07, 6.45) is 0.715. The second-order valence-corrected chi connectivity index (χ2v) is 9.92. The summed E-state index contributed by atoms with van der Waals surface area (Å²) in [6.45, 7) is 2.88. The molecule has 0 aliphatic carbocycles. The van der Waals surface area contributed by atoms with Gasteiger partial charge in [0.05, 0.1) is 12.2 Å². The van der Waals surface area contributed by atoms with Gasteiger partial charge < -0.3 is 15.0 Å². The number of hydrogen-bond donors (Lipinski definition) is 2. The highest BCUT2D eigenvalue weighted by atomic mass is 79.9. The molecule has 0 aromatic heterocycles. The van der Waals surface area contributed by atoms with Crippen molar-refractivity contribution in [2.75, 3.05) is 23.4 Å². The summed E-state index contributed by atoms with van der Waals surface area (Å²) < 4.78 is 6.68. The molecule has 4 rings (SSSR count). The van der Waals surface area contributed by atoms with Crippen LogP contribution in [0.15, 0.2) is 108 Å².